The zero-order chi connectivity index (χ0) is 19.8. The van der Waals surface area contributed by atoms with Crippen LogP contribution in [0.5, 0.6) is 0 Å². The molecule has 1 aliphatic rings. The van der Waals surface area contributed by atoms with Crippen molar-refractivity contribution in [2.24, 2.45) is 5.92 Å². The van der Waals surface area contributed by atoms with Gasteiger partial charge in [-0.15, -0.1) is 10.2 Å². The van der Waals surface area contributed by atoms with Crippen molar-refractivity contribution in [2.45, 2.75) is 18.6 Å². The molecule has 1 atom stereocenters. The van der Waals surface area contributed by atoms with Crippen LogP contribution in [0.1, 0.15) is 24.0 Å². The number of aromatic nitrogens is 2. The summed E-state index contributed by atoms with van der Waals surface area (Å²) >= 11 is 7.51. The standard InChI is InChI=1S/C20H22ClN5OS/c21-18-7-8-19(25-24-18)26-10-3-6-16(13-26)20(27)23-9-11-28-14-17-5-2-1-4-15(17)12-22/h1-2,4-5,7-8,16H,3,6,9-11,13-14H2,(H,23,27)/t16-/m1/s1. The lowest BCUT2D eigenvalue weighted by Crippen LogP contribution is -2.43. The molecule has 0 radical (unpaired) electrons. The number of halogens is 1. The maximum atomic E-state index is 12.5. The van der Waals surface area contributed by atoms with Crippen molar-refractivity contribution in [3.05, 3.63) is 52.7 Å². The molecular weight excluding hydrogens is 394 g/mol. The van der Waals surface area contributed by atoms with E-state index in [0.717, 1.165) is 42.3 Å². The van der Waals surface area contributed by atoms with E-state index in [-0.39, 0.29) is 11.8 Å². The summed E-state index contributed by atoms with van der Waals surface area (Å²) in [6, 6.07) is 13.4. The fraction of sp³-hybridized carbons (Fsp3) is 0.400. The Balaban J connectivity index is 1.41. The molecule has 8 heteroatoms. The second-order valence-corrected chi connectivity index (χ2v) is 8.10. The van der Waals surface area contributed by atoms with Crippen LogP contribution >= 0.6 is 23.4 Å². The first-order valence-electron chi connectivity index (χ1n) is 9.25. The van der Waals surface area contributed by atoms with E-state index in [1.165, 1.54) is 0 Å². The lowest BCUT2D eigenvalue weighted by atomic mass is 9.97. The molecule has 2 aromatic rings. The monoisotopic (exact) mass is 415 g/mol. The SMILES string of the molecule is N#Cc1ccccc1CSCCNC(=O)[C@@H]1CCCN(c2ccc(Cl)nn2)C1. The highest BCUT2D eigenvalue weighted by Crippen LogP contribution is 2.22. The number of carbonyl (C=O) groups excluding carboxylic acids is 1. The lowest BCUT2D eigenvalue weighted by Gasteiger charge is -2.32. The summed E-state index contributed by atoms with van der Waals surface area (Å²) in [6.45, 7) is 2.13. The summed E-state index contributed by atoms with van der Waals surface area (Å²) in [6.07, 6.45) is 1.83. The Bertz CT molecular complexity index is 839. The van der Waals surface area contributed by atoms with Crippen LogP contribution < -0.4 is 10.2 Å². The first kappa shape index (κ1) is 20.4. The van der Waals surface area contributed by atoms with Gasteiger partial charge in [0, 0.05) is 31.1 Å². The number of nitrogens with zero attached hydrogens (tertiary/aromatic N) is 4. The van der Waals surface area contributed by atoms with Crippen molar-refractivity contribution in [3.8, 4) is 6.07 Å². The van der Waals surface area contributed by atoms with E-state index in [2.05, 4.69) is 26.5 Å². The van der Waals surface area contributed by atoms with Gasteiger partial charge in [-0.2, -0.15) is 17.0 Å². The van der Waals surface area contributed by atoms with Crippen molar-refractivity contribution in [2.75, 3.05) is 30.3 Å². The third-order valence-corrected chi connectivity index (χ3v) is 5.88. The number of hydrogen-bond acceptors (Lipinski definition) is 6. The fourth-order valence-electron chi connectivity index (χ4n) is 3.20. The Morgan fingerprint density at radius 3 is 2.96 bits per heavy atom. The van der Waals surface area contributed by atoms with E-state index in [0.29, 0.717) is 23.8 Å². The van der Waals surface area contributed by atoms with Crippen LogP contribution in [0.3, 0.4) is 0 Å². The number of benzene rings is 1. The van der Waals surface area contributed by atoms with E-state index in [9.17, 15) is 4.79 Å². The number of hydrogen-bond donors (Lipinski definition) is 1. The predicted molar refractivity (Wildman–Crippen MR) is 112 cm³/mol. The van der Waals surface area contributed by atoms with Crippen molar-refractivity contribution >= 4 is 35.1 Å². The van der Waals surface area contributed by atoms with Gasteiger partial charge < -0.3 is 10.2 Å². The van der Waals surface area contributed by atoms with Gasteiger partial charge in [-0.3, -0.25) is 4.79 Å². The second-order valence-electron chi connectivity index (χ2n) is 6.61. The Morgan fingerprint density at radius 1 is 1.32 bits per heavy atom. The normalized spacial score (nSPS) is 16.4. The van der Waals surface area contributed by atoms with Crippen LogP contribution in [0.15, 0.2) is 36.4 Å². The molecule has 1 amide bonds. The maximum Gasteiger partial charge on any atom is 0.224 e. The molecule has 3 rings (SSSR count). The third-order valence-electron chi connectivity index (χ3n) is 4.68. The average Bonchev–Trinajstić information content (AvgIpc) is 2.74. The van der Waals surface area contributed by atoms with Gasteiger partial charge in [0.15, 0.2) is 11.0 Å². The van der Waals surface area contributed by atoms with Gasteiger partial charge in [0.05, 0.1) is 17.6 Å². The highest BCUT2D eigenvalue weighted by molar-refractivity contribution is 7.98. The largest absolute Gasteiger partial charge is 0.355 e. The molecule has 1 N–H and O–H groups in total. The number of anilines is 1. The molecule has 146 valence electrons. The second kappa shape index (κ2) is 10.3. The van der Waals surface area contributed by atoms with Crippen LogP contribution in [0.2, 0.25) is 5.15 Å². The maximum absolute atomic E-state index is 12.5. The van der Waals surface area contributed by atoms with Gasteiger partial charge in [0.25, 0.3) is 0 Å². The third kappa shape index (κ3) is 5.60. The van der Waals surface area contributed by atoms with Crippen LogP contribution in [-0.2, 0) is 10.5 Å². The van der Waals surface area contributed by atoms with E-state index in [4.69, 9.17) is 16.9 Å². The predicted octanol–water partition coefficient (Wildman–Crippen LogP) is 3.27. The van der Waals surface area contributed by atoms with Gasteiger partial charge in [0.1, 0.15) is 0 Å². The Kier molecular flexibility index (Phi) is 7.52. The summed E-state index contributed by atoms with van der Waals surface area (Å²) < 4.78 is 0. The molecule has 1 saturated heterocycles. The van der Waals surface area contributed by atoms with E-state index in [1.54, 1.807) is 17.8 Å². The molecule has 28 heavy (non-hydrogen) atoms. The molecule has 0 spiro atoms. The topological polar surface area (TPSA) is 81.9 Å². The molecular formula is C20H22ClN5OS. The Labute approximate surface area is 174 Å². The quantitative estimate of drug-likeness (QED) is 0.699. The first-order valence-corrected chi connectivity index (χ1v) is 10.8. The molecule has 1 aromatic carbocycles. The van der Waals surface area contributed by atoms with Crippen molar-refractivity contribution in [3.63, 3.8) is 0 Å². The van der Waals surface area contributed by atoms with E-state index in [1.807, 2.05) is 30.3 Å². The summed E-state index contributed by atoms with van der Waals surface area (Å²) in [5, 5.41) is 20.5. The fourth-order valence-corrected chi connectivity index (χ4v) is 4.17. The molecule has 0 bridgehead atoms. The van der Waals surface area contributed by atoms with Crippen molar-refractivity contribution in [1.29, 1.82) is 5.26 Å². The Hall–Kier alpha value is -2.30. The van der Waals surface area contributed by atoms with Gasteiger partial charge in [-0.05, 0) is 36.6 Å². The minimum atomic E-state index is -0.0458. The van der Waals surface area contributed by atoms with Crippen molar-refractivity contribution < 1.29 is 4.79 Å². The molecule has 1 aromatic heterocycles. The molecule has 1 aliphatic heterocycles. The molecule has 6 nitrogen and oxygen atoms in total. The Morgan fingerprint density at radius 2 is 2.18 bits per heavy atom. The minimum Gasteiger partial charge on any atom is -0.355 e. The number of nitrogens with one attached hydrogen (secondary N) is 1. The van der Waals surface area contributed by atoms with Crippen molar-refractivity contribution in [1.82, 2.24) is 15.5 Å². The highest BCUT2D eigenvalue weighted by Gasteiger charge is 2.26. The van der Waals surface area contributed by atoms with Crippen LogP contribution in [0.25, 0.3) is 0 Å². The molecule has 0 unspecified atom stereocenters. The van der Waals surface area contributed by atoms with Gasteiger partial charge in [-0.1, -0.05) is 29.8 Å². The molecule has 1 fully saturated rings. The highest BCUT2D eigenvalue weighted by atomic mass is 35.5. The lowest BCUT2D eigenvalue weighted by molar-refractivity contribution is -0.125. The summed E-state index contributed by atoms with van der Waals surface area (Å²) in [4.78, 5) is 14.6. The smallest absolute Gasteiger partial charge is 0.224 e. The zero-order valence-corrected chi connectivity index (χ0v) is 17.0. The van der Waals surface area contributed by atoms with Gasteiger partial charge in [0.2, 0.25) is 5.91 Å². The van der Waals surface area contributed by atoms with Crippen LogP contribution in [-0.4, -0.2) is 41.5 Å². The summed E-state index contributed by atoms with van der Waals surface area (Å²) in [5.41, 5.74) is 1.75. The molecule has 0 aliphatic carbocycles. The first-order chi connectivity index (χ1) is 13.7. The summed E-state index contributed by atoms with van der Waals surface area (Å²) in [7, 11) is 0. The number of thioether (sulfide) groups is 1. The number of nitriles is 1. The van der Waals surface area contributed by atoms with E-state index < -0.39 is 0 Å². The van der Waals surface area contributed by atoms with Crippen LogP contribution in [0, 0.1) is 17.2 Å². The number of amides is 1. The molecule has 2 heterocycles. The van der Waals surface area contributed by atoms with Gasteiger partial charge >= 0.3 is 0 Å². The van der Waals surface area contributed by atoms with Gasteiger partial charge in [-0.25, -0.2) is 0 Å². The average molecular weight is 416 g/mol. The molecule has 0 saturated carbocycles. The number of carbonyl (C=O) groups is 1. The van der Waals surface area contributed by atoms with E-state index >= 15 is 0 Å². The van der Waals surface area contributed by atoms with Crippen LogP contribution in [0.4, 0.5) is 5.82 Å². The zero-order valence-electron chi connectivity index (χ0n) is 15.5. The minimum absolute atomic E-state index is 0.0458. The summed E-state index contributed by atoms with van der Waals surface area (Å²) in [5.74, 6) is 2.38. The number of piperidine rings is 1. The number of rotatable bonds is 7.